The molecule has 3 rings (SSSR count). The van der Waals surface area contributed by atoms with Gasteiger partial charge >= 0.3 is 0 Å². The van der Waals surface area contributed by atoms with Crippen molar-refractivity contribution in [2.45, 2.75) is 44.4 Å². The van der Waals surface area contributed by atoms with Crippen molar-refractivity contribution in [3.8, 4) is 0 Å². The number of sulfonamides is 1. The predicted molar refractivity (Wildman–Crippen MR) is 106 cm³/mol. The quantitative estimate of drug-likeness (QED) is 0.792. The molecule has 0 bridgehead atoms. The van der Waals surface area contributed by atoms with Crippen molar-refractivity contribution >= 4 is 21.6 Å². The van der Waals surface area contributed by atoms with Crippen molar-refractivity contribution in [1.29, 1.82) is 0 Å². The van der Waals surface area contributed by atoms with Crippen molar-refractivity contribution in [3.05, 3.63) is 24.3 Å². The Morgan fingerprint density at radius 1 is 1.07 bits per heavy atom. The van der Waals surface area contributed by atoms with E-state index in [4.69, 9.17) is 0 Å². The first-order valence-electron chi connectivity index (χ1n) is 10.1. The van der Waals surface area contributed by atoms with Crippen molar-refractivity contribution in [2.75, 3.05) is 38.0 Å². The Morgan fingerprint density at radius 2 is 1.67 bits per heavy atom. The molecular formula is C20H32N3O3S+. The fourth-order valence-corrected chi connectivity index (χ4v) is 6.00. The molecule has 1 aromatic carbocycles. The Balaban J connectivity index is 1.61. The zero-order valence-corrected chi connectivity index (χ0v) is 17.2. The van der Waals surface area contributed by atoms with Crippen LogP contribution in [0.2, 0.25) is 0 Å². The number of nitrogens with one attached hydrogen (secondary N) is 2. The molecule has 2 saturated heterocycles. The molecule has 2 N–H and O–H groups in total. The number of likely N-dealkylation sites (tertiary alicyclic amines) is 1. The Labute approximate surface area is 163 Å². The number of carbonyl (C=O) groups excluding carboxylic acids is 1. The third kappa shape index (κ3) is 5.30. The summed E-state index contributed by atoms with van der Waals surface area (Å²) in [6.07, 6.45) is 4.69. The normalized spacial score (nSPS) is 25.3. The van der Waals surface area contributed by atoms with Gasteiger partial charge in [0.25, 0.3) is 5.91 Å². The number of carbonyl (C=O) groups is 1. The largest absolute Gasteiger partial charge is 0.327 e. The molecule has 1 amide bonds. The maximum Gasteiger partial charge on any atom is 0.279 e. The second-order valence-corrected chi connectivity index (χ2v) is 10.3. The summed E-state index contributed by atoms with van der Waals surface area (Å²) < 4.78 is 27.4. The standard InChI is InChI=1S/C20H31N3O3S/c1-16-12-17(2)14-23(13-16)27(25,26)19-8-6-18(7-9-19)21-20(24)15-22-10-4-3-5-11-22/h6-9,16-17H,3-5,10-15H2,1-2H3,(H,21,24)/p+1/t16-,17-/m0/s1. The van der Waals surface area contributed by atoms with E-state index < -0.39 is 10.0 Å². The highest BCUT2D eigenvalue weighted by Crippen LogP contribution is 2.27. The number of hydrogen-bond acceptors (Lipinski definition) is 3. The van der Waals surface area contributed by atoms with Crippen LogP contribution in [-0.4, -0.2) is 51.4 Å². The molecule has 0 unspecified atom stereocenters. The van der Waals surface area contributed by atoms with Crippen LogP contribution in [0, 0.1) is 11.8 Å². The molecule has 1 aromatic rings. The number of nitrogens with zero attached hydrogens (tertiary/aromatic N) is 1. The summed E-state index contributed by atoms with van der Waals surface area (Å²) >= 11 is 0. The summed E-state index contributed by atoms with van der Waals surface area (Å²) in [4.78, 5) is 13.8. The maximum atomic E-state index is 12.9. The minimum Gasteiger partial charge on any atom is -0.327 e. The van der Waals surface area contributed by atoms with E-state index in [2.05, 4.69) is 19.2 Å². The summed E-state index contributed by atoms with van der Waals surface area (Å²) in [5.41, 5.74) is 0.649. The Morgan fingerprint density at radius 3 is 2.26 bits per heavy atom. The van der Waals surface area contributed by atoms with Crippen LogP contribution in [0.5, 0.6) is 0 Å². The van der Waals surface area contributed by atoms with Crippen LogP contribution < -0.4 is 10.2 Å². The van der Waals surface area contributed by atoms with Gasteiger partial charge in [-0.3, -0.25) is 4.79 Å². The molecule has 2 heterocycles. The van der Waals surface area contributed by atoms with E-state index in [1.807, 2.05) is 0 Å². The number of rotatable bonds is 5. The second-order valence-electron chi connectivity index (χ2n) is 8.33. The lowest BCUT2D eigenvalue weighted by atomic mass is 9.94. The predicted octanol–water partition coefficient (Wildman–Crippen LogP) is 1.36. The number of quaternary nitrogens is 1. The van der Waals surface area contributed by atoms with Gasteiger partial charge in [-0.1, -0.05) is 13.8 Å². The lowest BCUT2D eigenvalue weighted by molar-refractivity contribution is -0.896. The van der Waals surface area contributed by atoms with E-state index in [0.717, 1.165) is 19.5 Å². The van der Waals surface area contributed by atoms with Crippen LogP contribution in [0.25, 0.3) is 0 Å². The molecule has 0 radical (unpaired) electrons. The van der Waals surface area contributed by atoms with Gasteiger partial charge in [0, 0.05) is 18.8 Å². The molecule has 2 atom stereocenters. The molecule has 2 aliphatic rings. The van der Waals surface area contributed by atoms with E-state index >= 15 is 0 Å². The monoisotopic (exact) mass is 394 g/mol. The van der Waals surface area contributed by atoms with Gasteiger partial charge in [-0.25, -0.2) is 8.42 Å². The molecular weight excluding hydrogens is 362 g/mol. The number of benzene rings is 1. The first-order chi connectivity index (χ1) is 12.8. The van der Waals surface area contributed by atoms with Gasteiger partial charge in [0.2, 0.25) is 10.0 Å². The molecule has 2 fully saturated rings. The molecule has 0 saturated carbocycles. The van der Waals surface area contributed by atoms with Crippen LogP contribution in [0.1, 0.15) is 39.5 Å². The van der Waals surface area contributed by atoms with E-state index in [1.165, 1.54) is 24.2 Å². The third-order valence-electron chi connectivity index (χ3n) is 5.58. The Bertz CT molecular complexity index is 732. The molecule has 0 aliphatic carbocycles. The average molecular weight is 395 g/mol. The van der Waals surface area contributed by atoms with Gasteiger partial charge in [0.1, 0.15) is 0 Å². The van der Waals surface area contributed by atoms with Crippen LogP contribution in [-0.2, 0) is 14.8 Å². The zero-order chi connectivity index (χ0) is 19.4. The third-order valence-corrected chi connectivity index (χ3v) is 7.43. The van der Waals surface area contributed by atoms with Gasteiger partial charge in [0.15, 0.2) is 6.54 Å². The average Bonchev–Trinajstić information content (AvgIpc) is 2.62. The molecule has 6 nitrogen and oxygen atoms in total. The summed E-state index contributed by atoms with van der Waals surface area (Å²) in [7, 11) is -3.48. The van der Waals surface area contributed by atoms with E-state index in [-0.39, 0.29) is 5.91 Å². The van der Waals surface area contributed by atoms with Gasteiger partial charge in [-0.2, -0.15) is 4.31 Å². The van der Waals surface area contributed by atoms with Crippen LogP contribution in [0.3, 0.4) is 0 Å². The van der Waals surface area contributed by atoms with Crippen LogP contribution in [0.15, 0.2) is 29.2 Å². The topological polar surface area (TPSA) is 70.9 Å². The minimum atomic E-state index is -3.48. The molecule has 150 valence electrons. The Kier molecular flexibility index (Phi) is 6.55. The molecule has 0 spiro atoms. The summed E-state index contributed by atoms with van der Waals surface area (Å²) in [5.74, 6) is 0.736. The minimum absolute atomic E-state index is 0.0128. The smallest absolute Gasteiger partial charge is 0.279 e. The lowest BCUT2D eigenvalue weighted by Crippen LogP contribution is -3.13. The highest BCUT2D eigenvalue weighted by atomic mass is 32.2. The molecule has 27 heavy (non-hydrogen) atoms. The van der Waals surface area contributed by atoms with Crippen molar-refractivity contribution < 1.29 is 18.1 Å². The van der Waals surface area contributed by atoms with E-state index in [0.29, 0.717) is 42.1 Å². The lowest BCUT2D eigenvalue weighted by Gasteiger charge is -2.34. The summed E-state index contributed by atoms with van der Waals surface area (Å²) in [6.45, 7) is 7.92. The van der Waals surface area contributed by atoms with Crippen molar-refractivity contribution in [2.24, 2.45) is 11.8 Å². The Hall–Kier alpha value is -1.44. The van der Waals surface area contributed by atoms with Gasteiger partial charge in [-0.05, 0) is 61.8 Å². The fourth-order valence-electron chi connectivity index (χ4n) is 4.32. The highest BCUT2D eigenvalue weighted by Gasteiger charge is 2.31. The first kappa shape index (κ1) is 20.3. The summed E-state index contributed by atoms with van der Waals surface area (Å²) in [6, 6.07) is 6.57. The fraction of sp³-hybridized carbons (Fsp3) is 0.650. The van der Waals surface area contributed by atoms with E-state index in [1.54, 1.807) is 28.6 Å². The first-order valence-corrected chi connectivity index (χ1v) is 11.5. The molecule has 7 heteroatoms. The maximum absolute atomic E-state index is 12.9. The summed E-state index contributed by atoms with van der Waals surface area (Å²) in [5, 5.41) is 2.89. The highest BCUT2D eigenvalue weighted by molar-refractivity contribution is 7.89. The molecule has 0 aromatic heterocycles. The number of hydrogen-bond donors (Lipinski definition) is 2. The number of amides is 1. The number of anilines is 1. The van der Waals surface area contributed by atoms with Crippen LogP contribution >= 0.6 is 0 Å². The molecule has 2 aliphatic heterocycles. The second kappa shape index (κ2) is 8.71. The number of piperidine rings is 2. The van der Waals surface area contributed by atoms with Crippen molar-refractivity contribution in [3.63, 3.8) is 0 Å². The van der Waals surface area contributed by atoms with Crippen molar-refractivity contribution in [1.82, 2.24) is 4.31 Å². The van der Waals surface area contributed by atoms with Gasteiger partial charge in [0.05, 0.1) is 18.0 Å². The van der Waals surface area contributed by atoms with E-state index in [9.17, 15) is 13.2 Å². The van der Waals surface area contributed by atoms with Gasteiger partial charge in [-0.15, -0.1) is 0 Å². The SMILES string of the molecule is C[C@H]1C[C@H](C)CN(S(=O)(=O)c2ccc(NC(=O)C[NH+]3CCCCC3)cc2)C1. The van der Waals surface area contributed by atoms with Gasteiger partial charge < -0.3 is 10.2 Å². The zero-order valence-electron chi connectivity index (χ0n) is 16.4. The van der Waals surface area contributed by atoms with Crippen LogP contribution in [0.4, 0.5) is 5.69 Å².